The van der Waals surface area contributed by atoms with Gasteiger partial charge in [-0.1, -0.05) is 29.8 Å². The van der Waals surface area contributed by atoms with Gasteiger partial charge in [-0.2, -0.15) is 23.4 Å². The molecule has 0 saturated heterocycles. The normalized spacial score (nSPS) is 12.8. The Balaban J connectivity index is 1.65. The van der Waals surface area contributed by atoms with Crippen molar-refractivity contribution in [3.8, 4) is 33.9 Å². The van der Waals surface area contributed by atoms with Crippen molar-refractivity contribution in [1.29, 1.82) is 0 Å². The molecular formula is C37H37ClF3N3O4S. The van der Waals surface area contributed by atoms with Gasteiger partial charge in [0, 0.05) is 46.8 Å². The van der Waals surface area contributed by atoms with Gasteiger partial charge in [-0.05, 0) is 98.8 Å². The molecule has 1 unspecified atom stereocenters. The molecular weight excluding hydrogens is 675 g/mol. The van der Waals surface area contributed by atoms with Gasteiger partial charge in [0.25, 0.3) is 11.8 Å². The van der Waals surface area contributed by atoms with Crippen LogP contribution in [0.2, 0.25) is 5.02 Å². The average molecular weight is 712 g/mol. The molecule has 1 aromatic heterocycles. The summed E-state index contributed by atoms with van der Waals surface area (Å²) in [6.07, 6.45) is 1.84. The third kappa shape index (κ3) is 7.84. The summed E-state index contributed by atoms with van der Waals surface area (Å²) in [5.74, 6) is 0.283. The van der Waals surface area contributed by atoms with Gasteiger partial charge < -0.3 is 24.1 Å². The molecule has 0 bridgehead atoms. The quantitative estimate of drug-likeness (QED) is 0.151. The fourth-order valence-electron chi connectivity index (χ4n) is 5.51. The van der Waals surface area contributed by atoms with Crippen molar-refractivity contribution in [3.05, 3.63) is 101 Å². The van der Waals surface area contributed by atoms with Crippen molar-refractivity contribution in [1.82, 2.24) is 10.6 Å². The van der Waals surface area contributed by atoms with Gasteiger partial charge in [0.2, 0.25) is 0 Å². The van der Waals surface area contributed by atoms with E-state index >= 15 is 0 Å². The number of benzene rings is 4. The van der Waals surface area contributed by atoms with Crippen LogP contribution < -0.4 is 19.7 Å². The SMILES string of the molecule is CCN(c1cc2oc(-c3ccc(Oc4cccc(Cl)c4)cc3)c(C(=O)NC)c2cc1-c1cccc(C(=O)NC(C)C(F)(F)F)c1)S(C)(C)C. The Labute approximate surface area is 289 Å². The highest BCUT2D eigenvalue weighted by Crippen LogP contribution is 2.49. The first kappa shape index (κ1) is 35.7. The first-order valence-electron chi connectivity index (χ1n) is 15.4. The van der Waals surface area contributed by atoms with Crippen LogP contribution in [0.4, 0.5) is 18.9 Å². The van der Waals surface area contributed by atoms with Crippen LogP contribution in [0.1, 0.15) is 34.6 Å². The summed E-state index contributed by atoms with van der Waals surface area (Å²) < 4.78 is 54.3. The highest BCUT2D eigenvalue weighted by molar-refractivity contribution is 8.33. The third-order valence-electron chi connectivity index (χ3n) is 7.90. The van der Waals surface area contributed by atoms with Gasteiger partial charge in [-0.15, -0.1) is 0 Å². The van der Waals surface area contributed by atoms with Gasteiger partial charge in [-0.25, -0.2) is 0 Å². The molecule has 0 saturated carbocycles. The largest absolute Gasteiger partial charge is 0.457 e. The summed E-state index contributed by atoms with van der Waals surface area (Å²) in [4.78, 5) is 26.4. The van der Waals surface area contributed by atoms with Gasteiger partial charge >= 0.3 is 6.18 Å². The Kier molecular flexibility index (Phi) is 10.3. The molecule has 2 amide bonds. The fourth-order valence-corrected chi connectivity index (χ4v) is 7.20. The number of carbonyl (C=O) groups is 2. The van der Waals surface area contributed by atoms with Gasteiger partial charge in [0.1, 0.15) is 28.9 Å². The maximum atomic E-state index is 13.5. The highest BCUT2D eigenvalue weighted by atomic mass is 35.5. The molecule has 0 aliphatic heterocycles. The number of anilines is 1. The van der Waals surface area contributed by atoms with E-state index in [2.05, 4.69) is 28.4 Å². The van der Waals surface area contributed by atoms with E-state index in [-0.39, 0.29) is 11.5 Å². The van der Waals surface area contributed by atoms with Crippen molar-refractivity contribution >= 4 is 50.3 Å². The summed E-state index contributed by atoms with van der Waals surface area (Å²) in [5, 5.41) is 5.84. The minimum Gasteiger partial charge on any atom is -0.457 e. The molecule has 7 nitrogen and oxygen atoms in total. The van der Waals surface area contributed by atoms with Crippen LogP contribution in [0, 0.1) is 0 Å². The second-order valence-corrected chi connectivity index (χ2v) is 16.5. The first-order valence-corrected chi connectivity index (χ1v) is 18.6. The maximum absolute atomic E-state index is 13.5. The summed E-state index contributed by atoms with van der Waals surface area (Å²) in [5.41, 5.74) is 3.59. The first-order chi connectivity index (χ1) is 23.1. The molecule has 0 fully saturated rings. The Morgan fingerprint density at radius 2 is 1.61 bits per heavy atom. The predicted molar refractivity (Wildman–Crippen MR) is 193 cm³/mol. The van der Waals surface area contributed by atoms with Crippen LogP contribution in [-0.2, 0) is 0 Å². The highest BCUT2D eigenvalue weighted by Gasteiger charge is 2.37. The number of hydrogen-bond acceptors (Lipinski definition) is 5. The molecule has 0 aliphatic rings. The Bertz CT molecular complexity index is 2010. The van der Waals surface area contributed by atoms with Crippen molar-refractivity contribution < 1.29 is 31.9 Å². The molecule has 258 valence electrons. The van der Waals surface area contributed by atoms with Crippen molar-refractivity contribution in [2.75, 3.05) is 36.7 Å². The average Bonchev–Trinajstić information content (AvgIpc) is 3.42. The number of ether oxygens (including phenoxy) is 1. The van der Waals surface area contributed by atoms with E-state index in [0.29, 0.717) is 62.0 Å². The lowest BCUT2D eigenvalue weighted by atomic mass is 9.97. The molecule has 1 heterocycles. The summed E-state index contributed by atoms with van der Waals surface area (Å²) in [6.45, 7) is 3.57. The lowest BCUT2D eigenvalue weighted by Crippen LogP contribution is -2.43. The number of carbonyl (C=O) groups excluding carboxylic acids is 2. The molecule has 0 aliphatic carbocycles. The maximum Gasteiger partial charge on any atom is 0.408 e. The summed E-state index contributed by atoms with van der Waals surface area (Å²) in [7, 11) is 0.186. The molecule has 4 aromatic carbocycles. The van der Waals surface area contributed by atoms with Gasteiger partial charge in [0.05, 0.1) is 11.3 Å². The van der Waals surface area contributed by atoms with E-state index in [1.165, 1.54) is 13.1 Å². The molecule has 0 radical (unpaired) electrons. The Morgan fingerprint density at radius 3 is 2.22 bits per heavy atom. The number of amides is 2. The van der Waals surface area contributed by atoms with Crippen molar-refractivity contribution in [2.45, 2.75) is 26.1 Å². The van der Waals surface area contributed by atoms with Gasteiger partial charge in [-0.3, -0.25) is 9.59 Å². The van der Waals surface area contributed by atoms with Crippen molar-refractivity contribution in [3.63, 3.8) is 0 Å². The van der Waals surface area contributed by atoms with E-state index in [1.807, 2.05) is 24.4 Å². The standard InChI is InChI=1S/C37H37ClF3N3O4S/c1-7-44(49(4,5)6)31-21-32-30(20-29(31)24-10-8-11-25(18-24)35(45)43-22(2)37(39,40)41)33(36(46)42-3)34(48-32)23-14-16-27(17-15-23)47-28-13-9-12-26(38)19-28/h8-22H,7H2,1-6H3,(H,42,46)(H,43,45). The summed E-state index contributed by atoms with van der Waals surface area (Å²) in [6, 6.07) is 22.4. The van der Waals surface area contributed by atoms with E-state index in [4.69, 9.17) is 20.8 Å². The van der Waals surface area contributed by atoms with E-state index in [1.54, 1.807) is 66.7 Å². The molecule has 0 spiro atoms. The number of nitrogens with one attached hydrogen (secondary N) is 2. The fraction of sp³-hybridized carbons (Fsp3) is 0.243. The number of fused-ring (bicyclic) bond motifs is 1. The molecule has 1 atom stereocenters. The lowest BCUT2D eigenvalue weighted by molar-refractivity contribution is -0.149. The van der Waals surface area contributed by atoms with Crippen LogP contribution in [0.25, 0.3) is 33.4 Å². The predicted octanol–water partition coefficient (Wildman–Crippen LogP) is 9.69. The number of rotatable bonds is 10. The Hall–Kier alpha value is -4.61. The number of furan rings is 1. The number of halogens is 4. The summed E-state index contributed by atoms with van der Waals surface area (Å²) >= 11 is 6.10. The minimum atomic E-state index is -4.58. The lowest BCUT2D eigenvalue weighted by Gasteiger charge is -2.42. The van der Waals surface area contributed by atoms with Crippen molar-refractivity contribution in [2.24, 2.45) is 0 Å². The molecule has 2 N–H and O–H groups in total. The Morgan fingerprint density at radius 1 is 0.918 bits per heavy atom. The number of alkyl halides is 3. The number of nitrogens with zero attached hydrogens (tertiary/aromatic N) is 1. The minimum absolute atomic E-state index is 0.0743. The van der Waals surface area contributed by atoms with E-state index in [9.17, 15) is 22.8 Å². The van der Waals surface area contributed by atoms with E-state index in [0.717, 1.165) is 12.6 Å². The third-order valence-corrected chi connectivity index (χ3v) is 9.91. The topological polar surface area (TPSA) is 83.8 Å². The van der Waals surface area contributed by atoms with Crippen LogP contribution in [-0.4, -0.2) is 56.4 Å². The second kappa shape index (κ2) is 14.1. The zero-order valence-electron chi connectivity index (χ0n) is 27.9. The van der Waals surface area contributed by atoms with Crippen LogP contribution >= 0.6 is 21.8 Å². The van der Waals surface area contributed by atoms with Crippen LogP contribution in [0.3, 0.4) is 0 Å². The van der Waals surface area contributed by atoms with E-state index < -0.39 is 28.3 Å². The monoisotopic (exact) mass is 711 g/mol. The van der Waals surface area contributed by atoms with Crippen LogP contribution in [0.5, 0.6) is 11.5 Å². The zero-order chi connectivity index (χ0) is 35.7. The molecule has 12 heteroatoms. The zero-order valence-corrected chi connectivity index (χ0v) is 29.4. The molecule has 5 rings (SSSR count). The molecule has 5 aromatic rings. The second-order valence-electron chi connectivity index (χ2n) is 12.1. The smallest absolute Gasteiger partial charge is 0.408 e. The van der Waals surface area contributed by atoms with Gasteiger partial charge in [0.15, 0.2) is 0 Å². The van der Waals surface area contributed by atoms with Crippen LogP contribution in [0.15, 0.2) is 89.3 Å². The number of hydrogen-bond donors (Lipinski definition) is 2. The molecule has 49 heavy (non-hydrogen) atoms.